The molecule has 7 unspecified atom stereocenters. The number of esters is 1. The molecule has 0 aromatic heterocycles. The van der Waals surface area contributed by atoms with Gasteiger partial charge in [-0.15, -0.1) is 0 Å². The molecule has 0 N–H and O–H groups in total. The molecular weight excluding hydrogens is 540 g/mol. The summed E-state index contributed by atoms with van der Waals surface area (Å²) in [5, 5.41) is 0. The molecule has 38 heavy (non-hydrogen) atoms. The zero-order chi connectivity index (χ0) is 27.8. The minimum absolute atomic E-state index is 0. The third-order valence-corrected chi connectivity index (χ3v) is 12.1. The number of halogens is 1. The first-order valence-electron chi connectivity index (χ1n) is 14.4. The Morgan fingerprint density at radius 3 is 2.18 bits per heavy atom. The summed E-state index contributed by atoms with van der Waals surface area (Å²) in [4.78, 5) is 40.5. The summed E-state index contributed by atoms with van der Waals surface area (Å²) in [6.45, 7) is 17.3. The van der Waals surface area contributed by atoms with Gasteiger partial charge in [0, 0.05) is 16.7 Å². The lowest BCUT2D eigenvalue weighted by Crippen LogP contribution is -2.61. The van der Waals surface area contributed by atoms with Crippen LogP contribution >= 0.6 is 15.9 Å². The zero-order valence-corrected chi connectivity index (χ0v) is 26.0. The monoisotopic (exact) mass is 590 g/mol. The van der Waals surface area contributed by atoms with Gasteiger partial charge in [0.15, 0.2) is 11.6 Å². The van der Waals surface area contributed by atoms with Gasteiger partial charge >= 0.3 is 5.97 Å². The molecule has 0 aromatic rings. The highest BCUT2D eigenvalue weighted by Crippen LogP contribution is 2.70. The summed E-state index contributed by atoms with van der Waals surface area (Å²) < 4.78 is 6.03. The van der Waals surface area contributed by atoms with Gasteiger partial charge < -0.3 is 4.74 Å². The van der Waals surface area contributed by atoms with Crippen LogP contribution in [-0.4, -0.2) is 24.6 Å². The van der Waals surface area contributed by atoms with Crippen LogP contribution < -0.4 is 0 Å². The molecule has 0 saturated heterocycles. The van der Waals surface area contributed by atoms with E-state index in [1.54, 1.807) is 0 Å². The van der Waals surface area contributed by atoms with E-state index in [0.717, 1.165) is 44.9 Å². The maximum atomic E-state index is 14.1. The van der Waals surface area contributed by atoms with E-state index < -0.39 is 10.8 Å². The molecule has 5 aliphatic rings. The molecule has 5 heteroatoms. The highest BCUT2D eigenvalue weighted by atomic mass is 79.9. The van der Waals surface area contributed by atoms with Crippen LogP contribution in [0.25, 0.3) is 0 Å². The van der Waals surface area contributed by atoms with E-state index in [0.29, 0.717) is 4.48 Å². The van der Waals surface area contributed by atoms with Gasteiger partial charge in [0.05, 0.1) is 17.0 Å². The van der Waals surface area contributed by atoms with Gasteiger partial charge in [0.2, 0.25) is 0 Å². The van der Waals surface area contributed by atoms with Crippen molar-refractivity contribution in [2.45, 2.75) is 108 Å². The van der Waals surface area contributed by atoms with Crippen molar-refractivity contribution in [2.75, 3.05) is 7.11 Å². The lowest BCUT2D eigenvalue weighted by Gasteiger charge is -2.64. The number of fused-ring (bicyclic) bond motifs is 7. The lowest BCUT2D eigenvalue weighted by atomic mass is 9.38. The Morgan fingerprint density at radius 2 is 1.58 bits per heavy atom. The van der Waals surface area contributed by atoms with Gasteiger partial charge in [0.1, 0.15) is 0 Å². The van der Waals surface area contributed by atoms with E-state index in [-0.39, 0.29) is 64.9 Å². The molecule has 214 valence electrons. The van der Waals surface area contributed by atoms with Crippen molar-refractivity contribution in [2.24, 2.45) is 50.7 Å². The first kappa shape index (κ1) is 31.3. The Hall–Kier alpha value is -1.23. The molecule has 5 aliphatic carbocycles. The molecule has 7 atom stereocenters. The minimum Gasteiger partial charge on any atom is -0.469 e. The third kappa shape index (κ3) is 4.15. The number of rotatable bonds is 1. The Balaban J connectivity index is 0.00000130. The molecule has 4 nitrogen and oxygen atoms in total. The van der Waals surface area contributed by atoms with E-state index in [2.05, 4.69) is 63.5 Å². The Labute approximate surface area is 239 Å². The van der Waals surface area contributed by atoms with Crippen LogP contribution in [0.15, 0.2) is 22.2 Å². The number of carbonyl (C=O) groups is 3. The molecule has 0 bridgehead atoms. The van der Waals surface area contributed by atoms with Gasteiger partial charge in [-0.1, -0.05) is 74.5 Å². The zero-order valence-electron chi connectivity index (χ0n) is 24.4. The molecule has 0 aliphatic heterocycles. The standard InChI is InChI=1S/C30H41BrO4.C2H6.CH4/c1-26(2)12-13-30(25(34)35-7)11-8-17-23(18(30)15-26)20(32)14-22-28(17,5)10-9-21-27(3,4)24(33)19(31)16-29(21,22)6;1-2;/h14,16-18,21,23H,8-13,15H2,1-7H3;1-2H3;1H4. The predicted molar refractivity (Wildman–Crippen MR) is 158 cm³/mol. The van der Waals surface area contributed by atoms with Gasteiger partial charge in [0.25, 0.3) is 0 Å². The number of methoxy groups -OCH3 is 1. The van der Waals surface area contributed by atoms with Crippen molar-refractivity contribution in [3.8, 4) is 0 Å². The summed E-state index contributed by atoms with van der Waals surface area (Å²) in [7, 11) is 1.50. The first-order chi connectivity index (χ1) is 17.1. The van der Waals surface area contributed by atoms with Crippen LogP contribution in [0.2, 0.25) is 0 Å². The lowest BCUT2D eigenvalue weighted by molar-refractivity contribution is -0.178. The third-order valence-electron chi connectivity index (χ3n) is 11.5. The molecule has 0 aromatic carbocycles. The fourth-order valence-electron chi connectivity index (χ4n) is 9.67. The van der Waals surface area contributed by atoms with Gasteiger partial charge in [-0.2, -0.15) is 0 Å². The summed E-state index contributed by atoms with van der Waals surface area (Å²) in [6, 6.07) is 0. The molecule has 3 saturated carbocycles. The van der Waals surface area contributed by atoms with E-state index in [1.807, 2.05) is 19.9 Å². The Morgan fingerprint density at radius 1 is 0.947 bits per heavy atom. The maximum Gasteiger partial charge on any atom is 0.312 e. The van der Waals surface area contributed by atoms with Gasteiger partial charge in [-0.25, -0.2) is 0 Å². The molecule has 5 rings (SSSR count). The molecule has 0 amide bonds. The highest BCUT2D eigenvalue weighted by molar-refractivity contribution is 9.12. The Bertz CT molecular complexity index is 1070. The highest BCUT2D eigenvalue weighted by Gasteiger charge is 2.67. The average molecular weight is 592 g/mol. The summed E-state index contributed by atoms with van der Waals surface area (Å²) >= 11 is 3.58. The molecule has 3 fully saturated rings. The second kappa shape index (κ2) is 10.00. The fraction of sp³-hybridized carbons (Fsp3) is 0.788. The number of hydrogen-bond donors (Lipinski definition) is 0. The number of ether oxygens (including phenoxy) is 1. The van der Waals surface area contributed by atoms with Crippen molar-refractivity contribution in [3.05, 3.63) is 22.2 Å². The second-order valence-electron chi connectivity index (χ2n) is 14.1. The van der Waals surface area contributed by atoms with E-state index in [1.165, 1.54) is 12.7 Å². The quantitative estimate of drug-likeness (QED) is 0.287. The SMILES string of the molecule is C.CC.COC(=O)C12CCC3C(C(=O)C=C4C5(C)C=C(Br)C(=O)C(C)(C)C5CCC43C)C1CC(C)(C)CC2. The maximum absolute atomic E-state index is 14.1. The largest absolute Gasteiger partial charge is 0.469 e. The number of hydrogen-bond acceptors (Lipinski definition) is 4. The number of ketones is 2. The van der Waals surface area contributed by atoms with Gasteiger partial charge in [-0.05, 0) is 95.5 Å². The number of carbonyl (C=O) groups excluding carboxylic acids is 3. The number of Topliss-reactive ketones (excluding diaryl/α,β-unsaturated/α-hetero) is 1. The van der Waals surface area contributed by atoms with Crippen molar-refractivity contribution in [1.29, 1.82) is 0 Å². The van der Waals surface area contributed by atoms with Crippen LogP contribution in [0.5, 0.6) is 0 Å². The Kier molecular flexibility index (Phi) is 8.23. The molecule has 0 heterocycles. The topological polar surface area (TPSA) is 60.4 Å². The average Bonchev–Trinajstić information content (AvgIpc) is 2.84. The summed E-state index contributed by atoms with van der Waals surface area (Å²) in [5.74, 6) is 0.516. The summed E-state index contributed by atoms with van der Waals surface area (Å²) in [5.41, 5.74) is -0.150. The van der Waals surface area contributed by atoms with E-state index in [4.69, 9.17) is 4.74 Å². The molecular formula is C33H51BrO4. The molecule has 0 radical (unpaired) electrons. The smallest absolute Gasteiger partial charge is 0.312 e. The van der Waals surface area contributed by atoms with Crippen molar-refractivity contribution in [1.82, 2.24) is 0 Å². The molecule has 0 spiro atoms. The summed E-state index contributed by atoms with van der Waals surface area (Å²) in [6.07, 6.45) is 10.4. The van der Waals surface area contributed by atoms with Crippen molar-refractivity contribution < 1.29 is 19.1 Å². The second-order valence-corrected chi connectivity index (χ2v) is 14.9. The van der Waals surface area contributed by atoms with Crippen LogP contribution in [0.4, 0.5) is 0 Å². The van der Waals surface area contributed by atoms with Crippen LogP contribution in [0.3, 0.4) is 0 Å². The van der Waals surface area contributed by atoms with Crippen molar-refractivity contribution >= 4 is 33.5 Å². The first-order valence-corrected chi connectivity index (χ1v) is 15.2. The van der Waals surface area contributed by atoms with Crippen LogP contribution in [0, 0.1) is 50.7 Å². The minimum atomic E-state index is -0.536. The predicted octanol–water partition coefficient (Wildman–Crippen LogP) is 8.48. The van der Waals surface area contributed by atoms with Gasteiger partial charge in [-0.3, -0.25) is 14.4 Å². The van der Waals surface area contributed by atoms with E-state index in [9.17, 15) is 14.4 Å². The van der Waals surface area contributed by atoms with Crippen LogP contribution in [-0.2, 0) is 19.1 Å². The number of allylic oxidation sites excluding steroid dienone is 4. The van der Waals surface area contributed by atoms with Crippen LogP contribution in [0.1, 0.15) is 108 Å². The van der Waals surface area contributed by atoms with E-state index >= 15 is 0 Å². The fourth-order valence-corrected chi connectivity index (χ4v) is 10.7. The normalized spacial score (nSPS) is 42.3. The van der Waals surface area contributed by atoms with Crippen molar-refractivity contribution in [3.63, 3.8) is 0 Å².